The predicted molar refractivity (Wildman–Crippen MR) is 115 cm³/mol. The number of nitrogens with one attached hydrogen (secondary N) is 1. The first-order chi connectivity index (χ1) is 13.6. The van der Waals surface area contributed by atoms with Gasteiger partial charge in [0, 0.05) is 5.02 Å². The van der Waals surface area contributed by atoms with Gasteiger partial charge in [-0.15, -0.1) is 11.3 Å². The second-order valence-corrected chi connectivity index (χ2v) is 8.11. The molecule has 2 rings (SSSR count). The van der Waals surface area contributed by atoms with Crippen LogP contribution in [0.1, 0.15) is 38.8 Å². The van der Waals surface area contributed by atoms with E-state index in [2.05, 4.69) is 5.32 Å². The zero-order valence-electron chi connectivity index (χ0n) is 16.0. The Hall–Kier alpha value is -1.98. The van der Waals surface area contributed by atoms with E-state index in [9.17, 15) is 14.9 Å². The van der Waals surface area contributed by atoms with Crippen LogP contribution < -0.4 is 10.1 Å². The van der Waals surface area contributed by atoms with Crippen LogP contribution in [0.4, 0.5) is 5.00 Å². The van der Waals surface area contributed by atoms with Crippen LogP contribution in [0.15, 0.2) is 0 Å². The summed E-state index contributed by atoms with van der Waals surface area (Å²) >= 11 is 19.6. The first kappa shape index (κ1) is 23.3. The standard InChI is InChI=1S/C19H17Cl3N2O4S/c1-5-27-19(26)17-8(2)11(6-23)18(29-17)24-12(25)7-28-16-14(21)9(3)13(20)10(4)15(16)22/h5,7H2,1-4H3,(H,24,25). The average molecular weight is 476 g/mol. The van der Waals surface area contributed by atoms with Crippen LogP contribution >= 0.6 is 46.1 Å². The van der Waals surface area contributed by atoms with Crippen molar-refractivity contribution in [1.29, 1.82) is 5.26 Å². The van der Waals surface area contributed by atoms with Crippen LogP contribution in [-0.2, 0) is 9.53 Å². The van der Waals surface area contributed by atoms with Crippen LogP contribution in [0.25, 0.3) is 0 Å². The van der Waals surface area contributed by atoms with Gasteiger partial charge < -0.3 is 14.8 Å². The quantitative estimate of drug-likeness (QED) is 0.541. The third kappa shape index (κ3) is 4.78. The van der Waals surface area contributed by atoms with Gasteiger partial charge in [-0.3, -0.25) is 4.79 Å². The molecule has 0 fully saturated rings. The van der Waals surface area contributed by atoms with Gasteiger partial charge in [0.05, 0.1) is 22.2 Å². The molecule has 0 unspecified atom stereocenters. The third-order valence-electron chi connectivity index (χ3n) is 4.04. The maximum Gasteiger partial charge on any atom is 0.348 e. The van der Waals surface area contributed by atoms with Crippen molar-refractivity contribution in [3.05, 3.63) is 42.2 Å². The summed E-state index contributed by atoms with van der Waals surface area (Å²) in [5.74, 6) is -0.942. The summed E-state index contributed by atoms with van der Waals surface area (Å²) < 4.78 is 10.5. The van der Waals surface area contributed by atoms with Gasteiger partial charge in [-0.1, -0.05) is 34.8 Å². The summed E-state index contributed by atoms with van der Waals surface area (Å²) in [5, 5.41) is 13.1. The Morgan fingerprint density at radius 3 is 2.17 bits per heavy atom. The molecule has 154 valence electrons. The first-order valence-electron chi connectivity index (χ1n) is 8.40. The number of carbonyl (C=O) groups is 2. The number of benzene rings is 1. The molecule has 1 heterocycles. The monoisotopic (exact) mass is 474 g/mol. The van der Waals surface area contributed by atoms with Crippen molar-refractivity contribution in [3.8, 4) is 11.8 Å². The number of nitrogens with zero attached hydrogens (tertiary/aromatic N) is 1. The average Bonchev–Trinajstić information content (AvgIpc) is 3.00. The number of amides is 1. The predicted octanol–water partition coefficient (Wildman–Crippen LogP) is 5.70. The molecule has 0 radical (unpaired) electrons. The van der Waals surface area contributed by atoms with Gasteiger partial charge in [0.15, 0.2) is 12.4 Å². The Morgan fingerprint density at radius 1 is 1.07 bits per heavy atom. The van der Waals surface area contributed by atoms with E-state index in [1.165, 1.54) is 0 Å². The third-order valence-corrected chi connectivity index (χ3v) is 6.70. The molecule has 0 aliphatic rings. The van der Waals surface area contributed by atoms with E-state index in [-0.39, 0.29) is 37.8 Å². The lowest BCUT2D eigenvalue weighted by molar-refractivity contribution is -0.118. The molecule has 1 aromatic heterocycles. The summed E-state index contributed by atoms with van der Waals surface area (Å²) in [7, 11) is 0. The number of hydrogen-bond acceptors (Lipinski definition) is 6. The van der Waals surface area contributed by atoms with Crippen molar-refractivity contribution < 1.29 is 19.1 Å². The fourth-order valence-electron chi connectivity index (χ4n) is 2.47. The van der Waals surface area contributed by atoms with Gasteiger partial charge in [-0.05, 0) is 44.4 Å². The first-order valence-corrected chi connectivity index (χ1v) is 10.4. The maximum atomic E-state index is 12.4. The van der Waals surface area contributed by atoms with E-state index >= 15 is 0 Å². The number of carbonyl (C=O) groups excluding carboxylic acids is 2. The smallest absolute Gasteiger partial charge is 0.348 e. The number of esters is 1. The summed E-state index contributed by atoms with van der Waals surface area (Å²) in [6.45, 7) is 6.53. The van der Waals surface area contributed by atoms with Gasteiger partial charge in [-0.25, -0.2) is 4.79 Å². The molecule has 6 nitrogen and oxygen atoms in total. The number of nitriles is 1. The largest absolute Gasteiger partial charge is 0.481 e. The van der Waals surface area contributed by atoms with Crippen molar-refractivity contribution in [2.24, 2.45) is 0 Å². The number of anilines is 1. The van der Waals surface area contributed by atoms with Crippen molar-refractivity contribution in [2.75, 3.05) is 18.5 Å². The SMILES string of the molecule is CCOC(=O)c1sc(NC(=O)COc2c(Cl)c(C)c(Cl)c(C)c2Cl)c(C#N)c1C. The van der Waals surface area contributed by atoms with Crippen LogP contribution in [0.3, 0.4) is 0 Å². The molecule has 0 saturated carbocycles. The van der Waals surface area contributed by atoms with Crippen LogP contribution in [0.5, 0.6) is 5.75 Å². The molecule has 0 bridgehead atoms. The molecule has 0 aliphatic heterocycles. The molecule has 1 aromatic carbocycles. The lowest BCUT2D eigenvalue weighted by Crippen LogP contribution is -2.20. The lowest BCUT2D eigenvalue weighted by atomic mass is 10.1. The number of hydrogen-bond donors (Lipinski definition) is 1. The van der Waals surface area contributed by atoms with Gasteiger partial charge in [-0.2, -0.15) is 5.26 Å². The van der Waals surface area contributed by atoms with Crippen molar-refractivity contribution in [3.63, 3.8) is 0 Å². The summed E-state index contributed by atoms with van der Waals surface area (Å²) in [6.07, 6.45) is 0. The molecule has 1 N–H and O–H groups in total. The zero-order chi connectivity index (χ0) is 21.9. The fraction of sp³-hybridized carbons (Fsp3) is 0.316. The minimum absolute atomic E-state index is 0.151. The van der Waals surface area contributed by atoms with Crippen LogP contribution in [0, 0.1) is 32.1 Å². The van der Waals surface area contributed by atoms with E-state index in [0.717, 1.165) is 11.3 Å². The van der Waals surface area contributed by atoms with Crippen molar-refractivity contribution >= 4 is 63.0 Å². The number of rotatable bonds is 6. The van der Waals surface area contributed by atoms with E-state index in [1.807, 2.05) is 6.07 Å². The molecule has 0 atom stereocenters. The molecule has 10 heteroatoms. The highest BCUT2D eigenvalue weighted by molar-refractivity contribution is 7.18. The molecule has 2 aromatic rings. The zero-order valence-corrected chi connectivity index (χ0v) is 19.1. The maximum absolute atomic E-state index is 12.4. The highest BCUT2D eigenvalue weighted by Crippen LogP contribution is 2.42. The molecule has 0 spiro atoms. The Labute approximate surface area is 187 Å². The Balaban J connectivity index is 2.20. The minimum Gasteiger partial charge on any atom is -0.481 e. The van der Waals surface area contributed by atoms with Crippen LogP contribution in [-0.4, -0.2) is 25.1 Å². The molecule has 1 amide bonds. The molecule has 0 aliphatic carbocycles. The Kier molecular flexibility index (Phi) is 7.78. The van der Waals surface area contributed by atoms with E-state index in [0.29, 0.717) is 21.7 Å². The van der Waals surface area contributed by atoms with Gasteiger partial charge in [0.25, 0.3) is 5.91 Å². The number of ether oxygens (including phenoxy) is 2. The lowest BCUT2D eigenvalue weighted by Gasteiger charge is -2.15. The molecular weight excluding hydrogens is 459 g/mol. The minimum atomic E-state index is -0.547. The molecule has 29 heavy (non-hydrogen) atoms. The topological polar surface area (TPSA) is 88.4 Å². The highest BCUT2D eigenvalue weighted by atomic mass is 35.5. The summed E-state index contributed by atoms with van der Waals surface area (Å²) in [6, 6.07) is 1.99. The normalized spacial score (nSPS) is 10.4. The second-order valence-electron chi connectivity index (χ2n) is 5.95. The van der Waals surface area contributed by atoms with Crippen molar-refractivity contribution in [1.82, 2.24) is 0 Å². The Bertz CT molecular complexity index is 999. The van der Waals surface area contributed by atoms with Crippen molar-refractivity contribution in [2.45, 2.75) is 27.7 Å². The highest BCUT2D eigenvalue weighted by Gasteiger charge is 2.23. The van der Waals surface area contributed by atoms with E-state index in [4.69, 9.17) is 44.3 Å². The van der Waals surface area contributed by atoms with Gasteiger partial charge in [0.2, 0.25) is 0 Å². The van der Waals surface area contributed by atoms with Crippen LogP contribution in [0.2, 0.25) is 15.1 Å². The summed E-state index contributed by atoms with van der Waals surface area (Å²) in [4.78, 5) is 24.6. The fourth-order valence-corrected chi connectivity index (χ4v) is 4.35. The van der Waals surface area contributed by atoms with E-state index in [1.54, 1.807) is 27.7 Å². The number of thiophene rings is 1. The molecule has 0 saturated heterocycles. The van der Waals surface area contributed by atoms with E-state index < -0.39 is 18.5 Å². The molecular formula is C19H17Cl3N2O4S. The number of halogens is 3. The second kappa shape index (κ2) is 9.68. The summed E-state index contributed by atoms with van der Waals surface area (Å²) in [5.41, 5.74) is 1.82. The van der Waals surface area contributed by atoms with Gasteiger partial charge >= 0.3 is 5.97 Å². The van der Waals surface area contributed by atoms with Gasteiger partial charge in [0.1, 0.15) is 15.9 Å². The Morgan fingerprint density at radius 2 is 1.66 bits per heavy atom.